The number of hydrogen-bond donors (Lipinski definition) is 1. The average molecular weight is 324 g/mol. The molecular weight excluding hydrogens is 304 g/mol. The van der Waals surface area contributed by atoms with Crippen molar-refractivity contribution in [1.29, 1.82) is 0 Å². The topological polar surface area (TPSA) is 52.6 Å². The van der Waals surface area contributed by atoms with Crippen LogP contribution in [0.5, 0.6) is 17.2 Å². The lowest BCUT2D eigenvalue weighted by molar-refractivity contribution is -0.00000521. The van der Waals surface area contributed by atoms with Gasteiger partial charge in [0.05, 0.1) is 21.3 Å². The molecule has 0 spiro atoms. The van der Waals surface area contributed by atoms with Gasteiger partial charge < -0.3 is 31.9 Å². The highest BCUT2D eigenvalue weighted by atomic mass is 35.5. The molecule has 0 radical (unpaired) electrons. The van der Waals surface area contributed by atoms with Gasteiger partial charge in [-0.15, -0.1) is 0 Å². The lowest BCUT2D eigenvalue weighted by Gasteiger charge is -2.14. The molecule has 0 aliphatic carbocycles. The Kier molecular flexibility index (Phi) is 7.49. The fraction of sp³-hybridized carbons (Fsp3) is 0.312. The summed E-state index contributed by atoms with van der Waals surface area (Å²) in [5.41, 5.74) is 2.26. The van der Waals surface area contributed by atoms with Crippen LogP contribution in [0.25, 0.3) is 0 Å². The molecule has 120 valence electrons. The van der Waals surface area contributed by atoms with E-state index >= 15 is 0 Å². The smallest absolute Gasteiger partial charge is 0.203 e. The summed E-state index contributed by atoms with van der Waals surface area (Å²) in [6, 6.07) is 7.87. The maximum absolute atomic E-state index is 5.34. The first-order valence-corrected chi connectivity index (χ1v) is 6.67. The zero-order valence-electron chi connectivity index (χ0n) is 12.9. The van der Waals surface area contributed by atoms with E-state index in [1.54, 1.807) is 33.7 Å². The molecule has 0 fully saturated rings. The molecule has 5 nitrogen and oxygen atoms in total. The number of rotatable bonds is 7. The zero-order chi connectivity index (χ0) is 15.1. The number of pyridine rings is 1. The average Bonchev–Trinajstić information content (AvgIpc) is 2.54. The van der Waals surface area contributed by atoms with E-state index in [1.807, 2.05) is 24.3 Å². The molecule has 1 heterocycles. The lowest BCUT2D eigenvalue weighted by atomic mass is 10.1. The van der Waals surface area contributed by atoms with Crippen LogP contribution in [0.4, 0.5) is 0 Å². The molecular formula is C16H20ClN2O3-. The maximum Gasteiger partial charge on any atom is 0.203 e. The van der Waals surface area contributed by atoms with Crippen molar-refractivity contribution in [2.45, 2.75) is 13.1 Å². The molecule has 1 aromatic heterocycles. The highest BCUT2D eigenvalue weighted by Crippen LogP contribution is 2.38. The van der Waals surface area contributed by atoms with Crippen LogP contribution in [0.2, 0.25) is 0 Å². The van der Waals surface area contributed by atoms with Crippen LogP contribution in [0.1, 0.15) is 11.1 Å². The second-order valence-electron chi connectivity index (χ2n) is 4.49. The molecule has 0 unspecified atom stereocenters. The summed E-state index contributed by atoms with van der Waals surface area (Å²) in [6.45, 7) is 1.48. The van der Waals surface area contributed by atoms with Crippen molar-refractivity contribution < 1.29 is 26.6 Å². The van der Waals surface area contributed by atoms with E-state index in [-0.39, 0.29) is 12.4 Å². The molecule has 0 atom stereocenters. The van der Waals surface area contributed by atoms with Gasteiger partial charge in [0, 0.05) is 25.5 Å². The van der Waals surface area contributed by atoms with E-state index in [9.17, 15) is 0 Å². The van der Waals surface area contributed by atoms with Gasteiger partial charge in [-0.05, 0) is 35.4 Å². The summed E-state index contributed by atoms with van der Waals surface area (Å²) in [5, 5.41) is 3.38. The predicted octanol–water partition coefficient (Wildman–Crippen LogP) is -0.599. The molecule has 0 saturated carbocycles. The lowest BCUT2D eigenvalue weighted by Crippen LogP contribution is -3.00. The van der Waals surface area contributed by atoms with Crippen molar-refractivity contribution in [3.8, 4) is 17.2 Å². The van der Waals surface area contributed by atoms with Crippen molar-refractivity contribution in [3.63, 3.8) is 0 Å². The van der Waals surface area contributed by atoms with E-state index in [0.717, 1.165) is 12.1 Å². The van der Waals surface area contributed by atoms with Gasteiger partial charge in [0.1, 0.15) is 0 Å². The summed E-state index contributed by atoms with van der Waals surface area (Å²) in [4.78, 5) is 4.00. The van der Waals surface area contributed by atoms with E-state index in [1.165, 1.54) is 5.56 Å². The van der Waals surface area contributed by atoms with Crippen molar-refractivity contribution >= 4 is 0 Å². The molecule has 2 aromatic rings. The molecule has 0 aliphatic rings. The Morgan fingerprint density at radius 1 is 0.864 bits per heavy atom. The molecule has 0 saturated heterocycles. The number of aromatic nitrogens is 1. The van der Waals surface area contributed by atoms with E-state index < -0.39 is 0 Å². The minimum Gasteiger partial charge on any atom is -1.00 e. The first-order chi connectivity index (χ1) is 10.3. The van der Waals surface area contributed by atoms with Gasteiger partial charge in [0.25, 0.3) is 0 Å². The van der Waals surface area contributed by atoms with Crippen LogP contribution in [0, 0.1) is 0 Å². The number of benzene rings is 1. The van der Waals surface area contributed by atoms with Crippen molar-refractivity contribution in [1.82, 2.24) is 10.3 Å². The van der Waals surface area contributed by atoms with Crippen LogP contribution >= 0.6 is 0 Å². The Bertz CT molecular complexity index is 554. The Morgan fingerprint density at radius 2 is 1.41 bits per heavy atom. The van der Waals surface area contributed by atoms with E-state index in [0.29, 0.717) is 23.8 Å². The Morgan fingerprint density at radius 3 is 1.91 bits per heavy atom. The first kappa shape index (κ1) is 18.1. The monoisotopic (exact) mass is 323 g/mol. The van der Waals surface area contributed by atoms with Gasteiger partial charge in [0.2, 0.25) is 5.75 Å². The van der Waals surface area contributed by atoms with Crippen LogP contribution in [0.15, 0.2) is 36.7 Å². The van der Waals surface area contributed by atoms with E-state index in [2.05, 4.69) is 10.3 Å². The molecule has 0 aliphatic heterocycles. The molecule has 22 heavy (non-hydrogen) atoms. The summed E-state index contributed by atoms with van der Waals surface area (Å²) >= 11 is 0. The number of hydrogen-bond acceptors (Lipinski definition) is 5. The number of methoxy groups -OCH3 is 3. The number of nitrogens with one attached hydrogen (secondary N) is 1. The molecule has 1 aromatic carbocycles. The quantitative estimate of drug-likeness (QED) is 0.737. The molecule has 6 heteroatoms. The van der Waals surface area contributed by atoms with Gasteiger partial charge in [0.15, 0.2) is 11.5 Å². The largest absolute Gasteiger partial charge is 1.00 e. The number of ether oxygens (including phenoxy) is 3. The van der Waals surface area contributed by atoms with Gasteiger partial charge in [-0.2, -0.15) is 0 Å². The summed E-state index contributed by atoms with van der Waals surface area (Å²) in [7, 11) is 4.83. The highest BCUT2D eigenvalue weighted by molar-refractivity contribution is 5.53. The van der Waals surface area contributed by atoms with Crippen molar-refractivity contribution in [2.75, 3.05) is 21.3 Å². The third-order valence-electron chi connectivity index (χ3n) is 3.13. The third kappa shape index (κ3) is 4.51. The SMILES string of the molecule is COc1cc(CNCc2ccncc2)cc(OC)c1OC.[Cl-]. The summed E-state index contributed by atoms with van der Waals surface area (Å²) < 4.78 is 16.0. The fourth-order valence-electron chi connectivity index (χ4n) is 2.09. The van der Waals surface area contributed by atoms with Crippen molar-refractivity contribution in [2.24, 2.45) is 0 Å². The van der Waals surface area contributed by atoms with Gasteiger partial charge in [-0.3, -0.25) is 4.98 Å². The normalized spacial score (nSPS) is 9.77. The van der Waals surface area contributed by atoms with Crippen LogP contribution in [0.3, 0.4) is 0 Å². The number of nitrogens with zero attached hydrogens (tertiary/aromatic N) is 1. The number of halogens is 1. The van der Waals surface area contributed by atoms with Gasteiger partial charge >= 0.3 is 0 Å². The van der Waals surface area contributed by atoms with Crippen molar-refractivity contribution in [3.05, 3.63) is 47.8 Å². The Labute approximate surface area is 137 Å². The summed E-state index contributed by atoms with van der Waals surface area (Å²) in [5.74, 6) is 1.94. The Hall–Kier alpha value is -1.98. The highest BCUT2D eigenvalue weighted by Gasteiger charge is 2.12. The van der Waals surface area contributed by atoms with Gasteiger partial charge in [-0.25, -0.2) is 0 Å². The van der Waals surface area contributed by atoms with Crippen LogP contribution < -0.4 is 31.9 Å². The minimum absolute atomic E-state index is 0. The second-order valence-corrected chi connectivity index (χ2v) is 4.49. The predicted molar refractivity (Wildman–Crippen MR) is 80.9 cm³/mol. The molecule has 2 rings (SSSR count). The first-order valence-electron chi connectivity index (χ1n) is 6.67. The van der Waals surface area contributed by atoms with E-state index in [4.69, 9.17) is 14.2 Å². The minimum atomic E-state index is 0. The fourth-order valence-corrected chi connectivity index (χ4v) is 2.09. The van der Waals surface area contributed by atoms with Crippen LogP contribution in [-0.2, 0) is 13.1 Å². The van der Waals surface area contributed by atoms with Gasteiger partial charge in [-0.1, -0.05) is 0 Å². The molecule has 0 amide bonds. The summed E-state index contributed by atoms with van der Waals surface area (Å²) in [6.07, 6.45) is 3.58. The second kappa shape index (κ2) is 9.12. The third-order valence-corrected chi connectivity index (χ3v) is 3.13. The molecule has 0 bridgehead atoms. The maximum atomic E-state index is 5.34. The Balaban J connectivity index is 0.00000242. The van der Waals surface area contributed by atoms with Crippen LogP contribution in [-0.4, -0.2) is 26.3 Å². The molecule has 1 N–H and O–H groups in total. The zero-order valence-corrected chi connectivity index (χ0v) is 13.7. The standard InChI is InChI=1S/C16H20N2O3.ClH/c1-19-14-8-13(9-15(20-2)16(14)21-3)11-18-10-12-4-6-17-7-5-12;/h4-9,18H,10-11H2,1-3H3;1H/p-1.